The molecule has 0 fully saturated rings. The normalized spacial score (nSPS) is 13.0. The number of rotatable bonds is 6. The van der Waals surface area contributed by atoms with Crippen LogP contribution in [0, 0.1) is 0 Å². The SMILES string of the molecule is C/C=C/c1c(C[C@H](C)N)cc2c(NCc3cccs3)nc(Cl)nn12. The van der Waals surface area contributed by atoms with Crippen molar-refractivity contribution in [3.63, 3.8) is 0 Å². The predicted molar refractivity (Wildman–Crippen MR) is 102 cm³/mol. The molecule has 3 N–H and O–H groups in total. The van der Waals surface area contributed by atoms with E-state index in [-0.39, 0.29) is 11.3 Å². The minimum atomic E-state index is 0.0670. The number of hydrogen-bond donors (Lipinski definition) is 2. The Morgan fingerprint density at radius 2 is 2.33 bits per heavy atom. The average Bonchev–Trinajstić information content (AvgIpc) is 3.14. The van der Waals surface area contributed by atoms with Crippen LogP contribution in [0.4, 0.5) is 5.82 Å². The van der Waals surface area contributed by atoms with Crippen molar-refractivity contribution >= 4 is 40.3 Å². The zero-order chi connectivity index (χ0) is 17.1. The summed E-state index contributed by atoms with van der Waals surface area (Å²) in [6, 6.07) is 6.28. The highest BCUT2D eigenvalue weighted by atomic mass is 35.5. The molecule has 24 heavy (non-hydrogen) atoms. The van der Waals surface area contributed by atoms with Crippen LogP contribution in [-0.2, 0) is 13.0 Å². The van der Waals surface area contributed by atoms with Crippen LogP contribution in [0.1, 0.15) is 30.0 Å². The van der Waals surface area contributed by atoms with Crippen LogP contribution < -0.4 is 11.1 Å². The molecule has 0 unspecified atom stereocenters. The van der Waals surface area contributed by atoms with Crippen molar-refractivity contribution in [1.82, 2.24) is 14.6 Å². The van der Waals surface area contributed by atoms with E-state index in [1.165, 1.54) is 4.88 Å². The number of halogens is 1. The molecule has 0 saturated heterocycles. The summed E-state index contributed by atoms with van der Waals surface area (Å²) in [6.45, 7) is 4.68. The highest BCUT2D eigenvalue weighted by molar-refractivity contribution is 7.09. The van der Waals surface area contributed by atoms with Crippen LogP contribution in [0.3, 0.4) is 0 Å². The van der Waals surface area contributed by atoms with Gasteiger partial charge in [0.1, 0.15) is 5.52 Å². The van der Waals surface area contributed by atoms with Crippen molar-refractivity contribution in [1.29, 1.82) is 0 Å². The molecule has 0 aliphatic rings. The first-order valence-electron chi connectivity index (χ1n) is 7.81. The highest BCUT2D eigenvalue weighted by Crippen LogP contribution is 2.25. The summed E-state index contributed by atoms with van der Waals surface area (Å²) in [5, 5.41) is 10.0. The molecule has 3 rings (SSSR count). The first-order valence-corrected chi connectivity index (χ1v) is 9.07. The molecular weight excluding hydrogens is 342 g/mol. The van der Waals surface area contributed by atoms with Crippen molar-refractivity contribution in [2.24, 2.45) is 5.73 Å². The van der Waals surface area contributed by atoms with Gasteiger partial charge in [0, 0.05) is 10.9 Å². The Kier molecular flexibility index (Phi) is 5.18. The zero-order valence-electron chi connectivity index (χ0n) is 13.7. The minimum Gasteiger partial charge on any atom is -0.363 e. The van der Waals surface area contributed by atoms with Crippen LogP contribution in [0.5, 0.6) is 0 Å². The third kappa shape index (κ3) is 3.61. The highest BCUT2D eigenvalue weighted by Gasteiger charge is 2.15. The second-order valence-corrected chi connectivity index (χ2v) is 7.07. The first-order chi connectivity index (χ1) is 11.6. The minimum absolute atomic E-state index is 0.0670. The zero-order valence-corrected chi connectivity index (χ0v) is 15.2. The number of fused-ring (bicyclic) bond motifs is 1. The molecule has 3 heterocycles. The van der Waals surface area contributed by atoms with E-state index in [4.69, 9.17) is 17.3 Å². The predicted octanol–water partition coefficient (Wildman–Crippen LogP) is 3.98. The molecule has 3 aromatic heterocycles. The van der Waals surface area contributed by atoms with Crippen molar-refractivity contribution in [2.75, 3.05) is 5.32 Å². The van der Waals surface area contributed by atoms with Crippen molar-refractivity contribution in [3.05, 3.63) is 51.1 Å². The molecule has 0 radical (unpaired) electrons. The van der Waals surface area contributed by atoms with Crippen LogP contribution in [0.25, 0.3) is 11.6 Å². The summed E-state index contributed by atoms with van der Waals surface area (Å²) in [4.78, 5) is 5.60. The van der Waals surface area contributed by atoms with Crippen LogP contribution >= 0.6 is 22.9 Å². The summed E-state index contributed by atoms with van der Waals surface area (Å²) in [5.41, 5.74) is 9.03. The van der Waals surface area contributed by atoms with E-state index < -0.39 is 0 Å². The van der Waals surface area contributed by atoms with Crippen molar-refractivity contribution in [2.45, 2.75) is 32.9 Å². The van der Waals surface area contributed by atoms with Gasteiger partial charge in [-0.2, -0.15) is 4.98 Å². The van der Waals surface area contributed by atoms with E-state index >= 15 is 0 Å². The third-order valence-electron chi connectivity index (χ3n) is 3.60. The van der Waals surface area contributed by atoms with Gasteiger partial charge in [0.15, 0.2) is 5.82 Å². The van der Waals surface area contributed by atoms with E-state index in [1.807, 2.05) is 36.6 Å². The smallest absolute Gasteiger partial charge is 0.243 e. The maximum absolute atomic E-state index is 6.14. The molecule has 126 valence electrons. The van der Waals surface area contributed by atoms with Gasteiger partial charge >= 0.3 is 0 Å². The number of nitrogens with one attached hydrogen (secondary N) is 1. The number of aromatic nitrogens is 3. The van der Waals surface area contributed by atoms with Gasteiger partial charge < -0.3 is 11.1 Å². The second-order valence-electron chi connectivity index (χ2n) is 5.70. The number of anilines is 1. The second kappa shape index (κ2) is 7.34. The Labute approximate surface area is 150 Å². The number of thiophene rings is 1. The van der Waals surface area contributed by atoms with Gasteiger partial charge in [0.25, 0.3) is 0 Å². The Hall–Kier alpha value is -1.89. The maximum Gasteiger partial charge on any atom is 0.243 e. The molecular formula is C17H20ClN5S. The Morgan fingerprint density at radius 3 is 3.00 bits per heavy atom. The van der Waals surface area contributed by atoms with Gasteiger partial charge in [-0.3, -0.25) is 0 Å². The number of nitrogens with two attached hydrogens (primary N) is 1. The van der Waals surface area contributed by atoms with E-state index in [2.05, 4.69) is 32.9 Å². The lowest BCUT2D eigenvalue weighted by Gasteiger charge is -2.07. The van der Waals surface area contributed by atoms with Gasteiger partial charge in [0.2, 0.25) is 5.28 Å². The number of allylic oxidation sites excluding steroid dienone is 1. The average molecular weight is 362 g/mol. The number of hydrogen-bond acceptors (Lipinski definition) is 5. The molecule has 0 aliphatic heterocycles. The van der Waals surface area contributed by atoms with E-state index in [0.717, 1.165) is 29.0 Å². The third-order valence-corrected chi connectivity index (χ3v) is 4.64. The lowest BCUT2D eigenvalue weighted by atomic mass is 10.1. The fourth-order valence-corrected chi connectivity index (χ4v) is 3.46. The quantitative estimate of drug-likeness (QED) is 0.696. The molecule has 0 aliphatic carbocycles. The fraction of sp³-hybridized carbons (Fsp3) is 0.294. The molecule has 0 bridgehead atoms. The lowest BCUT2D eigenvalue weighted by molar-refractivity contribution is 0.734. The molecule has 7 heteroatoms. The van der Waals surface area contributed by atoms with Gasteiger partial charge in [-0.15, -0.1) is 16.4 Å². The Morgan fingerprint density at radius 1 is 1.50 bits per heavy atom. The summed E-state index contributed by atoms with van der Waals surface area (Å²) in [5.74, 6) is 0.727. The van der Waals surface area contributed by atoms with Crippen LogP contribution in [0.15, 0.2) is 29.7 Å². The maximum atomic E-state index is 6.14. The van der Waals surface area contributed by atoms with Crippen LogP contribution in [0.2, 0.25) is 5.28 Å². The molecule has 5 nitrogen and oxygen atoms in total. The van der Waals surface area contributed by atoms with Gasteiger partial charge in [-0.25, -0.2) is 4.52 Å². The standard InChI is InChI=1S/C17H20ClN5S/c1-3-5-14-12(8-11(2)19)9-15-16(21-17(18)22-23(14)15)20-10-13-6-4-7-24-13/h3-7,9,11H,8,10,19H2,1-2H3,(H,20,21,22)/b5-3+/t11-/m0/s1. The van der Waals surface area contributed by atoms with Crippen LogP contribution in [-0.4, -0.2) is 20.6 Å². The van der Waals surface area contributed by atoms with E-state index in [0.29, 0.717) is 6.54 Å². The Balaban J connectivity index is 2.05. The van der Waals surface area contributed by atoms with Gasteiger partial charge in [-0.05, 0) is 61.0 Å². The molecule has 1 atom stereocenters. The molecule has 0 saturated carbocycles. The first kappa shape index (κ1) is 17.0. The summed E-state index contributed by atoms with van der Waals surface area (Å²) in [6.07, 6.45) is 4.78. The van der Waals surface area contributed by atoms with Gasteiger partial charge in [0.05, 0.1) is 12.2 Å². The van der Waals surface area contributed by atoms with Crippen molar-refractivity contribution < 1.29 is 0 Å². The molecule has 0 amide bonds. The van der Waals surface area contributed by atoms with Crippen molar-refractivity contribution in [3.8, 4) is 0 Å². The lowest BCUT2D eigenvalue weighted by Crippen LogP contribution is -2.18. The van der Waals surface area contributed by atoms with E-state index in [9.17, 15) is 0 Å². The molecule has 0 aromatic carbocycles. The summed E-state index contributed by atoms with van der Waals surface area (Å²) < 4.78 is 1.84. The summed E-state index contributed by atoms with van der Waals surface area (Å²) in [7, 11) is 0. The molecule has 3 aromatic rings. The monoisotopic (exact) mass is 361 g/mol. The largest absolute Gasteiger partial charge is 0.363 e. The molecule has 0 spiro atoms. The summed E-state index contributed by atoms with van der Waals surface area (Å²) >= 11 is 7.85. The van der Waals surface area contributed by atoms with Gasteiger partial charge in [-0.1, -0.05) is 12.1 Å². The Bertz CT molecular complexity index is 852. The fourth-order valence-electron chi connectivity index (χ4n) is 2.66. The topological polar surface area (TPSA) is 68.2 Å². The van der Waals surface area contributed by atoms with E-state index in [1.54, 1.807) is 11.3 Å². The number of nitrogens with zero attached hydrogens (tertiary/aromatic N) is 3.